The Bertz CT molecular complexity index is 397. The normalized spacial score (nSPS) is 24.0. The molecule has 2 unspecified atom stereocenters. The van der Waals surface area contributed by atoms with E-state index in [9.17, 15) is 0 Å². The second-order valence-electron chi connectivity index (χ2n) is 5.06. The van der Waals surface area contributed by atoms with E-state index < -0.39 is 0 Å². The van der Waals surface area contributed by atoms with Gasteiger partial charge in [-0.05, 0) is 74.7 Å². The first-order chi connectivity index (χ1) is 8.60. The average Bonchev–Trinajstić information content (AvgIpc) is 2.33. The Morgan fingerprint density at radius 1 is 1.28 bits per heavy atom. The molecule has 1 saturated carbocycles. The van der Waals surface area contributed by atoms with Gasteiger partial charge >= 0.3 is 0 Å². The van der Waals surface area contributed by atoms with Crippen LogP contribution >= 0.6 is 31.9 Å². The van der Waals surface area contributed by atoms with Crippen molar-refractivity contribution >= 4 is 31.9 Å². The number of aliphatic hydroxyl groups is 1. The number of hydrogen-bond donors (Lipinski definition) is 1. The Balaban J connectivity index is 2.13. The zero-order valence-corrected chi connectivity index (χ0v) is 13.6. The minimum Gasteiger partial charge on any atom is -0.488 e. The van der Waals surface area contributed by atoms with Crippen LogP contribution < -0.4 is 4.74 Å². The molecule has 1 fully saturated rings. The van der Waals surface area contributed by atoms with Crippen molar-refractivity contribution in [1.29, 1.82) is 0 Å². The summed E-state index contributed by atoms with van der Waals surface area (Å²) in [5.74, 6) is 1.60. The Hall–Kier alpha value is -0.0600. The van der Waals surface area contributed by atoms with E-state index in [1.165, 1.54) is 12.8 Å². The van der Waals surface area contributed by atoms with Crippen molar-refractivity contribution in [3.63, 3.8) is 0 Å². The monoisotopic (exact) mass is 376 g/mol. The highest BCUT2D eigenvalue weighted by molar-refractivity contribution is 9.11. The van der Waals surface area contributed by atoms with E-state index in [1.54, 1.807) is 0 Å². The summed E-state index contributed by atoms with van der Waals surface area (Å²) >= 11 is 7.03. The topological polar surface area (TPSA) is 29.5 Å². The van der Waals surface area contributed by atoms with Crippen LogP contribution in [0.25, 0.3) is 0 Å². The Labute approximate surface area is 125 Å². The van der Waals surface area contributed by atoms with Crippen LogP contribution in [0.15, 0.2) is 21.1 Å². The fourth-order valence-corrected chi connectivity index (χ4v) is 3.94. The van der Waals surface area contributed by atoms with Gasteiger partial charge in [0.25, 0.3) is 0 Å². The predicted octanol–water partition coefficient (Wildman–Crippen LogP) is 4.66. The van der Waals surface area contributed by atoms with Gasteiger partial charge in [-0.2, -0.15) is 0 Å². The molecule has 1 aromatic rings. The molecule has 0 spiro atoms. The van der Waals surface area contributed by atoms with E-state index in [4.69, 9.17) is 9.84 Å². The zero-order chi connectivity index (χ0) is 13.1. The van der Waals surface area contributed by atoms with Crippen molar-refractivity contribution in [1.82, 2.24) is 0 Å². The Morgan fingerprint density at radius 3 is 2.50 bits per heavy atom. The van der Waals surface area contributed by atoms with E-state index >= 15 is 0 Å². The minimum atomic E-state index is 0.0396. The number of aliphatic hydroxyl groups excluding tert-OH is 1. The highest BCUT2D eigenvalue weighted by Gasteiger charge is 2.22. The van der Waals surface area contributed by atoms with Crippen molar-refractivity contribution in [3.8, 4) is 5.75 Å². The van der Waals surface area contributed by atoms with Crippen LogP contribution in [0.5, 0.6) is 5.75 Å². The number of halogens is 2. The summed E-state index contributed by atoms with van der Waals surface area (Å²) in [6.07, 6.45) is 5.12. The van der Waals surface area contributed by atoms with E-state index in [1.807, 2.05) is 12.1 Å². The minimum absolute atomic E-state index is 0.0396. The van der Waals surface area contributed by atoms with Gasteiger partial charge in [0.1, 0.15) is 5.75 Å². The van der Waals surface area contributed by atoms with Crippen LogP contribution in [-0.4, -0.2) is 11.2 Å². The molecule has 1 N–H and O–H groups in total. The van der Waals surface area contributed by atoms with Gasteiger partial charge in [-0.25, -0.2) is 0 Å². The van der Waals surface area contributed by atoms with E-state index in [2.05, 4.69) is 38.8 Å². The molecule has 0 bridgehead atoms. The standard InChI is InChI=1S/C14H18Br2O2/c1-9-3-2-4-11(5-9)18-14-12(15)6-10(8-17)7-13(14)16/h6-7,9,11,17H,2-5,8H2,1H3. The second-order valence-corrected chi connectivity index (χ2v) is 6.77. The first-order valence-corrected chi connectivity index (χ1v) is 7.94. The quantitative estimate of drug-likeness (QED) is 0.829. The lowest BCUT2D eigenvalue weighted by molar-refractivity contribution is 0.127. The molecule has 0 radical (unpaired) electrons. The lowest BCUT2D eigenvalue weighted by Crippen LogP contribution is -2.24. The second kappa shape index (κ2) is 6.40. The maximum atomic E-state index is 9.15. The van der Waals surface area contributed by atoms with Crippen LogP contribution in [0.4, 0.5) is 0 Å². The van der Waals surface area contributed by atoms with Gasteiger partial charge in [-0.3, -0.25) is 0 Å². The molecule has 0 aromatic heterocycles. The first-order valence-electron chi connectivity index (χ1n) is 6.35. The molecule has 100 valence electrons. The molecule has 1 aliphatic rings. The number of ether oxygens (including phenoxy) is 1. The number of benzene rings is 1. The van der Waals surface area contributed by atoms with Gasteiger partial charge in [0, 0.05) is 0 Å². The van der Waals surface area contributed by atoms with E-state index in [0.29, 0.717) is 6.10 Å². The molecule has 18 heavy (non-hydrogen) atoms. The third-order valence-corrected chi connectivity index (χ3v) is 4.59. The van der Waals surface area contributed by atoms with Crippen LogP contribution in [0.2, 0.25) is 0 Å². The predicted molar refractivity (Wildman–Crippen MR) is 79.8 cm³/mol. The summed E-state index contributed by atoms with van der Waals surface area (Å²) in [6, 6.07) is 3.82. The molecule has 2 nitrogen and oxygen atoms in total. The Morgan fingerprint density at radius 2 is 1.94 bits per heavy atom. The van der Waals surface area contributed by atoms with Gasteiger partial charge in [-0.15, -0.1) is 0 Å². The fourth-order valence-electron chi connectivity index (χ4n) is 2.47. The molecular formula is C14H18Br2O2. The fraction of sp³-hybridized carbons (Fsp3) is 0.571. The van der Waals surface area contributed by atoms with Crippen molar-refractivity contribution in [3.05, 3.63) is 26.6 Å². The number of hydrogen-bond acceptors (Lipinski definition) is 2. The summed E-state index contributed by atoms with van der Waals surface area (Å²) in [6.45, 7) is 2.33. The number of rotatable bonds is 3. The van der Waals surface area contributed by atoms with Crippen molar-refractivity contribution in [2.24, 2.45) is 5.92 Å². The van der Waals surface area contributed by atoms with Crippen LogP contribution in [0.3, 0.4) is 0 Å². The third kappa shape index (κ3) is 3.49. The summed E-state index contributed by atoms with van der Waals surface area (Å²) < 4.78 is 7.92. The molecule has 4 heteroatoms. The third-order valence-electron chi connectivity index (χ3n) is 3.41. The molecule has 1 aliphatic carbocycles. The molecular weight excluding hydrogens is 360 g/mol. The smallest absolute Gasteiger partial charge is 0.148 e. The molecule has 0 heterocycles. The SMILES string of the molecule is CC1CCCC(Oc2c(Br)cc(CO)cc2Br)C1. The molecule has 0 amide bonds. The highest BCUT2D eigenvalue weighted by Crippen LogP contribution is 2.37. The maximum Gasteiger partial charge on any atom is 0.148 e. The van der Waals surface area contributed by atoms with Crippen molar-refractivity contribution < 1.29 is 9.84 Å². The van der Waals surface area contributed by atoms with E-state index in [-0.39, 0.29) is 6.61 Å². The van der Waals surface area contributed by atoms with Crippen LogP contribution in [0.1, 0.15) is 38.2 Å². The van der Waals surface area contributed by atoms with Gasteiger partial charge < -0.3 is 9.84 Å². The van der Waals surface area contributed by atoms with E-state index in [0.717, 1.165) is 39.0 Å². The van der Waals surface area contributed by atoms with Crippen LogP contribution in [0, 0.1) is 5.92 Å². The molecule has 0 saturated heterocycles. The van der Waals surface area contributed by atoms with Gasteiger partial charge in [0.05, 0.1) is 21.7 Å². The summed E-state index contributed by atoms with van der Waals surface area (Å²) in [5, 5.41) is 9.15. The lowest BCUT2D eigenvalue weighted by atomic mass is 9.89. The Kier molecular flexibility index (Phi) is 5.10. The summed E-state index contributed by atoms with van der Waals surface area (Å²) in [4.78, 5) is 0. The van der Waals surface area contributed by atoms with Crippen molar-refractivity contribution in [2.75, 3.05) is 0 Å². The average molecular weight is 378 g/mol. The molecule has 2 rings (SSSR count). The summed E-state index contributed by atoms with van der Waals surface area (Å²) in [7, 11) is 0. The summed E-state index contributed by atoms with van der Waals surface area (Å²) in [5.41, 5.74) is 0.873. The molecule has 0 aliphatic heterocycles. The molecule has 2 atom stereocenters. The van der Waals surface area contributed by atoms with Gasteiger partial charge in [0.15, 0.2) is 0 Å². The lowest BCUT2D eigenvalue weighted by Gasteiger charge is -2.28. The van der Waals surface area contributed by atoms with Gasteiger partial charge in [-0.1, -0.05) is 13.3 Å². The zero-order valence-electron chi connectivity index (χ0n) is 10.5. The first kappa shape index (κ1) is 14.4. The highest BCUT2D eigenvalue weighted by atomic mass is 79.9. The van der Waals surface area contributed by atoms with Gasteiger partial charge in [0.2, 0.25) is 0 Å². The van der Waals surface area contributed by atoms with Crippen LogP contribution in [-0.2, 0) is 6.61 Å². The maximum absolute atomic E-state index is 9.15. The molecule has 1 aromatic carbocycles. The van der Waals surface area contributed by atoms with Crippen molar-refractivity contribution in [2.45, 2.75) is 45.3 Å². The largest absolute Gasteiger partial charge is 0.488 e.